The highest BCUT2D eigenvalue weighted by molar-refractivity contribution is 8.77. The zero-order valence-corrected chi connectivity index (χ0v) is 11.3. The van der Waals surface area contributed by atoms with Gasteiger partial charge < -0.3 is 14.6 Å². The van der Waals surface area contributed by atoms with Crippen LogP contribution in [0.15, 0.2) is 18.2 Å². The van der Waals surface area contributed by atoms with Crippen molar-refractivity contribution in [2.75, 3.05) is 6.79 Å². The van der Waals surface area contributed by atoms with Crippen molar-refractivity contribution in [1.82, 2.24) is 0 Å². The maximum absolute atomic E-state index is 10.3. The number of rotatable bonds is 1. The van der Waals surface area contributed by atoms with Gasteiger partial charge in [0, 0.05) is 4.75 Å². The van der Waals surface area contributed by atoms with E-state index in [1.807, 2.05) is 18.2 Å². The highest BCUT2D eigenvalue weighted by Gasteiger charge is 2.43. The SMILES string of the molecule is CC1(C)SSC(c2ccc3c(c2)OCO3)C1O. The molecular formula is C12H14O3S2. The van der Waals surface area contributed by atoms with Crippen LogP contribution in [-0.2, 0) is 0 Å². The normalized spacial score (nSPS) is 29.6. The lowest BCUT2D eigenvalue weighted by atomic mass is 9.97. The minimum atomic E-state index is -0.349. The smallest absolute Gasteiger partial charge is 0.231 e. The number of hydrogen-bond acceptors (Lipinski definition) is 5. The first-order valence-corrected chi connectivity index (χ1v) is 7.71. The highest BCUT2D eigenvalue weighted by atomic mass is 33.1. The molecule has 17 heavy (non-hydrogen) atoms. The van der Waals surface area contributed by atoms with Crippen molar-refractivity contribution in [3.63, 3.8) is 0 Å². The molecule has 92 valence electrons. The Morgan fingerprint density at radius 2 is 2.06 bits per heavy atom. The van der Waals surface area contributed by atoms with Crippen LogP contribution in [0.25, 0.3) is 0 Å². The molecule has 5 heteroatoms. The molecule has 0 aromatic heterocycles. The van der Waals surface area contributed by atoms with Crippen molar-refractivity contribution in [2.45, 2.75) is 29.9 Å². The molecule has 0 bridgehead atoms. The van der Waals surface area contributed by atoms with E-state index in [9.17, 15) is 5.11 Å². The lowest BCUT2D eigenvalue weighted by Gasteiger charge is -2.23. The molecule has 2 unspecified atom stereocenters. The van der Waals surface area contributed by atoms with Crippen LogP contribution in [0.5, 0.6) is 11.5 Å². The predicted octanol–water partition coefficient (Wildman–Crippen LogP) is 2.99. The van der Waals surface area contributed by atoms with E-state index in [-0.39, 0.29) is 16.1 Å². The van der Waals surface area contributed by atoms with Crippen molar-refractivity contribution in [2.24, 2.45) is 0 Å². The van der Waals surface area contributed by atoms with Gasteiger partial charge in [-0.25, -0.2) is 0 Å². The predicted molar refractivity (Wildman–Crippen MR) is 70.6 cm³/mol. The summed E-state index contributed by atoms with van der Waals surface area (Å²) >= 11 is 0. The summed E-state index contributed by atoms with van der Waals surface area (Å²) in [6.45, 7) is 4.43. The van der Waals surface area contributed by atoms with E-state index < -0.39 is 0 Å². The minimum absolute atomic E-state index is 0.101. The second-order valence-electron chi connectivity index (χ2n) is 4.76. The van der Waals surface area contributed by atoms with Crippen molar-refractivity contribution < 1.29 is 14.6 Å². The molecule has 1 aromatic rings. The summed E-state index contributed by atoms with van der Waals surface area (Å²) in [6, 6.07) is 5.91. The van der Waals surface area contributed by atoms with Crippen LogP contribution in [-0.4, -0.2) is 22.8 Å². The molecule has 1 aromatic carbocycles. The van der Waals surface area contributed by atoms with E-state index in [0.29, 0.717) is 6.79 Å². The van der Waals surface area contributed by atoms with Gasteiger partial charge in [-0.05, 0) is 31.5 Å². The van der Waals surface area contributed by atoms with Gasteiger partial charge in [-0.15, -0.1) is 0 Å². The Morgan fingerprint density at radius 3 is 2.76 bits per heavy atom. The Balaban J connectivity index is 1.90. The first-order valence-electron chi connectivity index (χ1n) is 5.50. The molecule has 2 heterocycles. The van der Waals surface area contributed by atoms with Crippen molar-refractivity contribution in [3.8, 4) is 11.5 Å². The van der Waals surface area contributed by atoms with Gasteiger partial charge in [0.15, 0.2) is 11.5 Å². The number of fused-ring (bicyclic) bond motifs is 1. The van der Waals surface area contributed by atoms with Gasteiger partial charge in [-0.1, -0.05) is 27.7 Å². The van der Waals surface area contributed by atoms with E-state index >= 15 is 0 Å². The lowest BCUT2D eigenvalue weighted by Crippen LogP contribution is -2.31. The Hall–Kier alpha value is -0.520. The van der Waals surface area contributed by atoms with Crippen LogP contribution < -0.4 is 9.47 Å². The van der Waals surface area contributed by atoms with Gasteiger partial charge in [0.1, 0.15) is 0 Å². The summed E-state index contributed by atoms with van der Waals surface area (Å²) in [5.74, 6) is 1.57. The van der Waals surface area contributed by atoms with Crippen LogP contribution in [0.4, 0.5) is 0 Å². The molecule has 2 aliphatic heterocycles. The number of benzene rings is 1. The molecule has 1 saturated heterocycles. The zero-order chi connectivity index (χ0) is 12.0. The average molecular weight is 270 g/mol. The van der Waals surface area contributed by atoms with Crippen LogP contribution in [0.2, 0.25) is 0 Å². The van der Waals surface area contributed by atoms with Crippen LogP contribution in [0.3, 0.4) is 0 Å². The minimum Gasteiger partial charge on any atom is -0.454 e. The summed E-state index contributed by atoms with van der Waals surface area (Å²) < 4.78 is 10.5. The molecule has 0 amide bonds. The monoisotopic (exact) mass is 270 g/mol. The largest absolute Gasteiger partial charge is 0.454 e. The number of hydrogen-bond donors (Lipinski definition) is 1. The maximum atomic E-state index is 10.3. The second-order valence-corrected chi connectivity index (χ2v) is 7.76. The fraction of sp³-hybridized carbons (Fsp3) is 0.500. The topological polar surface area (TPSA) is 38.7 Å². The summed E-state index contributed by atoms with van der Waals surface area (Å²) in [7, 11) is 3.46. The summed E-state index contributed by atoms with van der Waals surface area (Å²) in [4.78, 5) is 0. The van der Waals surface area contributed by atoms with Gasteiger partial charge in [-0.2, -0.15) is 0 Å². The van der Waals surface area contributed by atoms with Crippen molar-refractivity contribution in [1.29, 1.82) is 0 Å². The third-order valence-electron chi connectivity index (χ3n) is 3.09. The molecular weight excluding hydrogens is 256 g/mol. The van der Waals surface area contributed by atoms with E-state index in [4.69, 9.17) is 9.47 Å². The molecule has 3 rings (SSSR count). The van der Waals surface area contributed by atoms with Gasteiger partial charge in [0.05, 0.1) is 11.4 Å². The second kappa shape index (κ2) is 4.00. The van der Waals surface area contributed by atoms with E-state index in [0.717, 1.165) is 17.1 Å². The molecule has 1 N–H and O–H groups in total. The summed E-state index contributed by atoms with van der Waals surface area (Å²) in [5, 5.41) is 10.4. The molecule has 1 fully saturated rings. The van der Waals surface area contributed by atoms with E-state index in [1.165, 1.54) is 0 Å². The van der Waals surface area contributed by atoms with Gasteiger partial charge in [0.2, 0.25) is 6.79 Å². The van der Waals surface area contributed by atoms with Crippen LogP contribution in [0, 0.1) is 0 Å². The number of aliphatic hydroxyl groups excluding tert-OH is 1. The molecule has 0 saturated carbocycles. The van der Waals surface area contributed by atoms with Crippen molar-refractivity contribution >= 4 is 21.6 Å². The van der Waals surface area contributed by atoms with Crippen LogP contribution in [0.1, 0.15) is 24.7 Å². The Kier molecular flexibility index (Phi) is 2.72. The third kappa shape index (κ3) is 1.90. The Labute approximate surface area is 108 Å². The molecule has 0 aliphatic carbocycles. The zero-order valence-electron chi connectivity index (χ0n) is 9.67. The van der Waals surface area contributed by atoms with Gasteiger partial charge in [0.25, 0.3) is 0 Å². The quantitative estimate of drug-likeness (QED) is 0.794. The molecule has 2 aliphatic rings. The van der Waals surface area contributed by atoms with Crippen molar-refractivity contribution in [3.05, 3.63) is 23.8 Å². The average Bonchev–Trinajstić information content (AvgIpc) is 2.84. The maximum Gasteiger partial charge on any atom is 0.231 e. The van der Waals surface area contributed by atoms with Crippen LogP contribution >= 0.6 is 21.6 Å². The molecule has 0 radical (unpaired) electrons. The summed E-state index contributed by atoms with van der Waals surface area (Å²) in [5.41, 5.74) is 1.10. The number of ether oxygens (including phenoxy) is 2. The number of aliphatic hydroxyl groups is 1. The van der Waals surface area contributed by atoms with Gasteiger partial charge >= 0.3 is 0 Å². The molecule has 3 nitrogen and oxygen atoms in total. The molecule has 2 atom stereocenters. The molecule has 0 spiro atoms. The first-order chi connectivity index (χ1) is 8.08. The van der Waals surface area contributed by atoms with E-state index in [2.05, 4.69) is 13.8 Å². The highest BCUT2D eigenvalue weighted by Crippen LogP contribution is 2.58. The third-order valence-corrected chi connectivity index (χ3v) is 6.79. The fourth-order valence-corrected chi connectivity index (χ4v) is 5.35. The summed E-state index contributed by atoms with van der Waals surface area (Å²) in [6.07, 6.45) is -0.349. The van der Waals surface area contributed by atoms with Gasteiger partial charge in [-0.3, -0.25) is 0 Å². The lowest BCUT2D eigenvalue weighted by molar-refractivity contribution is 0.143. The Bertz CT molecular complexity index is 447. The Morgan fingerprint density at radius 1 is 1.29 bits per heavy atom. The van der Waals surface area contributed by atoms with E-state index in [1.54, 1.807) is 21.6 Å². The standard InChI is InChI=1S/C12H14O3S2/c1-12(2)11(13)10(16-17-12)7-3-4-8-9(5-7)15-6-14-8/h3-5,10-11,13H,6H2,1-2H3. The fourth-order valence-electron chi connectivity index (χ4n) is 1.97. The first kappa shape index (κ1) is 11.6.